The van der Waals surface area contributed by atoms with Crippen LogP contribution in [0.1, 0.15) is 55.8 Å². The molecule has 4 aromatic rings. The lowest BCUT2D eigenvalue weighted by Crippen LogP contribution is -2.48. The van der Waals surface area contributed by atoms with Gasteiger partial charge >= 0.3 is 11.6 Å². The second kappa shape index (κ2) is 10.1. The molecule has 38 heavy (non-hydrogen) atoms. The minimum absolute atomic E-state index is 0.0327. The lowest BCUT2D eigenvalue weighted by Gasteiger charge is -2.35. The number of hydrogen-bond acceptors (Lipinski definition) is 7. The Labute approximate surface area is 213 Å². The van der Waals surface area contributed by atoms with Crippen LogP contribution in [0.4, 0.5) is 17.6 Å². The summed E-state index contributed by atoms with van der Waals surface area (Å²) in [5.41, 5.74) is -5.26. The van der Waals surface area contributed by atoms with Crippen molar-refractivity contribution in [3.05, 3.63) is 82.6 Å². The first kappa shape index (κ1) is 25.7. The van der Waals surface area contributed by atoms with Gasteiger partial charge in [0.1, 0.15) is 30.0 Å². The van der Waals surface area contributed by atoms with Crippen molar-refractivity contribution in [1.29, 1.82) is 0 Å². The summed E-state index contributed by atoms with van der Waals surface area (Å²) in [6.45, 7) is -0.966. The monoisotopic (exact) mass is 532 g/mol. The highest BCUT2D eigenvalue weighted by Crippen LogP contribution is 2.46. The zero-order valence-electron chi connectivity index (χ0n) is 20.1. The average Bonchev–Trinajstić information content (AvgIpc) is 3.45. The molecule has 0 radical (unpaired) electrons. The first-order chi connectivity index (χ1) is 18.2. The van der Waals surface area contributed by atoms with Gasteiger partial charge in [-0.15, -0.1) is 5.10 Å². The fourth-order valence-corrected chi connectivity index (χ4v) is 4.84. The van der Waals surface area contributed by atoms with Crippen LogP contribution >= 0.6 is 0 Å². The van der Waals surface area contributed by atoms with Crippen LogP contribution in [0.25, 0.3) is 5.69 Å². The van der Waals surface area contributed by atoms with E-state index in [9.17, 15) is 18.7 Å². The van der Waals surface area contributed by atoms with Gasteiger partial charge in [0.25, 0.3) is 0 Å². The van der Waals surface area contributed by atoms with E-state index in [2.05, 4.69) is 25.6 Å². The van der Waals surface area contributed by atoms with Crippen molar-refractivity contribution in [2.45, 2.75) is 62.6 Å². The van der Waals surface area contributed by atoms with Crippen molar-refractivity contribution >= 4 is 0 Å². The third-order valence-electron chi connectivity index (χ3n) is 6.89. The maximum absolute atomic E-state index is 15.9. The number of pyridine rings is 1. The van der Waals surface area contributed by atoms with Gasteiger partial charge in [-0.25, -0.2) is 27.5 Å². The van der Waals surface area contributed by atoms with E-state index in [1.54, 1.807) is 0 Å². The van der Waals surface area contributed by atoms with Gasteiger partial charge in [-0.1, -0.05) is 25.7 Å². The van der Waals surface area contributed by atoms with Crippen LogP contribution in [0.3, 0.4) is 0 Å². The Kier molecular flexibility index (Phi) is 6.82. The zero-order chi connectivity index (χ0) is 26.9. The number of aromatic nitrogens is 8. The highest BCUT2D eigenvalue weighted by molar-refractivity contribution is 5.34. The van der Waals surface area contributed by atoms with E-state index in [-0.39, 0.29) is 11.7 Å². The van der Waals surface area contributed by atoms with Gasteiger partial charge in [-0.05, 0) is 47.5 Å². The molecule has 1 atom stereocenters. The third-order valence-corrected chi connectivity index (χ3v) is 6.89. The fraction of sp³-hybridized carbons (Fsp3) is 0.417. The smallest absolute Gasteiger partial charge is 0.350 e. The number of benzene rings is 1. The van der Waals surface area contributed by atoms with Crippen LogP contribution in [0, 0.1) is 11.6 Å². The summed E-state index contributed by atoms with van der Waals surface area (Å²) in [6, 6.07) is 4.01. The third kappa shape index (κ3) is 4.59. The first-order valence-corrected chi connectivity index (χ1v) is 12.1. The SMILES string of the molecule is O=c1n(-c2ccc(C(F)(F)C(O)(Cn3cnnn3)c3ccc(F)cc3F)nc2)cnn1C1CCCCCC1. The molecular weight excluding hydrogens is 508 g/mol. The Hall–Kier alpha value is -3.94. The molecule has 10 nitrogen and oxygen atoms in total. The summed E-state index contributed by atoms with van der Waals surface area (Å²) in [5, 5.41) is 25.7. The molecule has 1 fully saturated rings. The predicted molar refractivity (Wildman–Crippen MR) is 124 cm³/mol. The van der Waals surface area contributed by atoms with Crippen molar-refractivity contribution in [2.24, 2.45) is 0 Å². The molecular formula is C24H24F4N8O2. The van der Waals surface area contributed by atoms with Crippen molar-refractivity contribution in [3.63, 3.8) is 0 Å². The highest BCUT2D eigenvalue weighted by Gasteiger charge is 2.58. The van der Waals surface area contributed by atoms with Crippen molar-refractivity contribution in [3.8, 4) is 5.69 Å². The Morgan fingerprint density at radius 3 is 2.42 bits per heavy atom. The number of tetrazole rings is 1. The van der Waals surface area contributed by atoms with E-state index in [0.29, 0.717) is 6.07 Å². The summed E-state index contributed by atoms with van der Waals surface area (Å²) < 4.78 is 63.4. The van der Waals surface area contributed by atoms with E-state index < -0.39 is 46.6 Å². The summed E-state index contributed by atoms with van der Waals surface area (Å²) in [5.74, 6) is -6.59. The second-order valence-electron chi connectivity index (χ2n) is 9.34. The number of alkyl halides is 2. The largest absolute Gasteiger partial charge is 0.377 e. The van der Waals surface area contributed by atoms with Crippen molar-refractivity contribution in [1.82, 2.24) is 39.5 Å². The highest BCUT2D eigenvalue weighted by atomic mass is 19.3. The second-order valence-corrected chi connectivity index (χ2v) is 9.34. The minimum atomic E-state index is -4.20. The quantitative estimate of drug-likeness (QED) is 0.287. The molecule has 0 spiro atoms. The molecule has 0 bridgehead atoms. The molecule has 5 rings (SSSR count). The molecule has 1 aromatic carbocycles. The molecule has 0 aliphatic heterocycles. The number of aliphatic hydroxyl groups is 1. The molecule has 0 saturated heterocycles. The van der Waals surface area contributed by atoms with Crippen LogP contribution in [0.15, 0.2) is 54.0 Å². The maximum atomic E-state index is 15.9. The van der Waals surface area contributed by atoms with E-state index in [0.717, 1.165) is 73.9 Å². The molecule has 3 aromatic heterocycles. The van der Waals surface area contributed by atoms with Crippen LogP contribution in [-0.4, -0.2) is 44.6 Å². The topological polar surface area (TPSA) is 117 Å². The van der Waals surface area contributed by atoms with Crippen LogP contribution in [-0.2, 0) is 18.1 Å². The van der Waals surface area contributed by atoms with Gasteiger partial charge in [0.2, 0.25) is 0 Å². The van der Waals surface area contributed by atoms with Gasteiger partial charge in [0.05, 0.1) is 24.5 Å². The van der Waals surface area contributed by atoms with Gasteiger partial charge < -0.3 is 5.11 Å². The summed E-state index contributed by atoms with van der Waals surface area (Å²) in [7, 11) is 0. The summed E-state index contributed by atoms with van der Waals surface area (Å²) in [6.07, 6.45) is 9.19. The minimum Gasteiger partial charge on any atom is -0.377 e. The van der Waals surface area contributed by atoms with E-state index >= 15 is 8.78 Å². The molecule has 3 heterocycles. The first-order valence-electron chi connectivity index (χ1n) is 12.1. The zero-order valence-corrected chi connectivity index (χ0v) is 20.1. The van der Waals surface area contributed by atoms with Crippen molar-refractivity contribution < 1.29 is 22.7 Å². The van der Waals surface area contributed by atoms with Crippen molar-refractivity contribution in [2.75, 3.05) is 0 Å². The number of halogens is 4. The molecule has 1 N–H and O–H groups in total. The molecule has 1 aliphatic rings. The summed E-state index contributed by atoms with van der Waals surface area (Å²) >= 11 is 0. The van der Waals surface area contributed by atoms with Crippen LogP contribution in [0.5, 0.6) is 0 Å². The Morgan fingerprint density at radius 2 is 1.79 bits per heavy atom. The fourth-order valence-electron chi connectivity index (χ4n) is 4.84. The molecule has 200 valence electrons. The van der Waals surface area contributed by atoms with Crippen LogP contribution < -0.4 is 5.69 Å². The van der Waals surface area contributed by atoms with Gasteiger partial charge in [-0.3, -0.25) is 4.98 Å². The maximum Gasteiger partial charge on any atom is 0.350 e. The van der Waals surface area contributed by atoms with Gasteiger partial charge in [0.15, 0.2) is 5.60 Å². The Balaban J connectivity index is 1.49. The lowest BCUT2D eigenvalue weighted by molar-refractivity contribution is -0.207. The predicted octanol–water partition coefficient (Wildman–Crippen LogP) is 3.27. The molecule has 1 unspecified atom stereocenters. The molecule has 1 saturated carbocycles. The number of hydrogen-bond donors (Lipinski definition) is 1. The van der Waals surface area contributed by atoms with Crippen LogP contribution in [0.2, 0.25) is 0 Å². The van der Waals surface area contributed by atoms with Gasteiger partial charge in [0, 0.05) is 11.6 Å². The molecule has 1 aliphatic carbocycles. The summed E-state index contributed by atoms with van der Waals surface area (Å²) in [4.78, 5) is 16.8. The molecule has 0 amide bonds. The lowest BCUT2D eigenvalue weighted by atomic mass is 9.84. The van der Waals surface area contributed by atoms with E-state index in [1.165, 1.54) is 21.6 Å². The van der Waals surface area contributed by atoms with E-state index in [4.69, 9.17) is 0 Å². The molecule has 14 heteroatoms. The standard InChI is InChI=1S/C24H24F4N8O2/c25-16-7-9-19(20(26)11-16)23(38,13-34-14-30-32-33-34)24(27,28)21-10-8-18(12-29-21)35-15-31-36(22(35)37)17-5-3-1-2-4-6-17/h7-12,14-15,17,38H,1-6,13H2. The number of rotatable bonds is 7. The number of nitrogens with zero attached hydrogens (tertiary/aromatic N) is 8. The van der Waals surface area contributed by atoms with Gasteiger partial charge in [-0.2, -0.15) is 13.9 Å². The Morgan fingerprint density at radius 1 is 1.03 bits per heavy atom. The van der Waals surface area contributed by atoms with E-state index in [1.807, 2.05) is 0 Å². The average molecular weight is 533 g/mol. The Bertz CT molecular complexity index is 1450. The normalized spacial score (nSPS) is 16.8.